The molecular formula is C76H86N4O8. The predicted molar refractivity (Wildman–Crippen MR) is 346 cm³/mol. The van der Waals surface area contributed by atoms with Crippen LogP contribution in [0.2, 0.25) is 0 Å². The number of aromatic nitrogens is 1. The normalized spacial score (nSPS) is 28.8. The topological polar surface area (TPSA) is 196 Å². The summed E-state index contributed by atoms with van der Waals surface area (Å²) in [5.41, 5.74) is 8.18. The maximum atomic E-state index is 15.7. The first-order valence-electron chi connectivity index (χ1n) is 32.5. The zero-order valence-corrected chi connectivity index (χ0v) is 51.0. The van der Waals surface area contributed by atoms with Crippen molar-refractivity contribution < 1.29 is 39.9 Å². The molecule has 2 fully saturated rings. The summed E-state index contributed by atoms with van der Waals surface area (Å²) in [4.78, 5) is 34.2. The lowest BCUT2D eigenvalue weighted by atomic mass is 9.56. The van der Waals surface area contributed by atoms with E-state index in [1.807, 2.05) is 66.7 Å². The molecule has 0 amide bonds. The number of ketones is 2. The predicted octanol–water partition coefficient (Wildman–Crippen LogP) is 11.8. The van der Waals surface area contributed by atoms with Crippen molar-refractivity contribution in [3.63, 3.8) is 0 Å². The lowest BCUT2D eigenvalue weighted by Crippen LogP contribution is -2.53. The fourth-order valence-electron chi connectivity index (χ4n) is 16.0. The van der Waals surface area contributed by atoms with Crippen LogP contribution in [0.5, 0.6) is 17.2 Å². The number of aliphatic hydroxyl groups excluding tert-OH is 3. The maximum Gasteiger partial charge on any atom is 0.173 e. The second-order valence-electron chi connectivity index (χ2n) is 26.2. The number of aryl methyl sites for hydroxylation is 2. The van der Waals surface area contributed by atoms with Crippen molar-refractivity contribution in [1.29, 1.82) is 0 Å². The van der Waals surface area contributed by atoms with Crippen LogP contribution < -0.4 is 20.7 Å². The second-order valence-corrected chi connectivity index (χ2v) is 26.2. The van der Waals surface area contributed by atoms with Crippen molar-refractivity contribution in [2.24, 2.45) is 35.5 Å². The van der Waals surface area contributed by atoms with Crippen molar-refractivity contribution in [2.45, 2.75) is 152 Å². The van der Waals surface area contributed by atoms with Gasteiger partial charge in [0.25, 0.3) is 0 Å². The average Bonchev–Trinajstić information content (AvgIpc) is 1.50. The summed E-state index contributed by atoms with van der Waals surface area (Å²) < 4.78 is 5.85. The Morgan fingerprint density at radius 2 is 1.57 bits per heavy atom. The number of Topliss-reactive ketones (excluding diaryl/α,β-unsaturated/α-hetero) is 2. The highest BCUT2D eigenvalue weighted by molar-refractivity contribution is 6.06. The molecule has 0 radical (unpaired) electrons. The highest BCUT2D eigenvalue weighted by Gasteiger charge is 2.53. The van der Waals surface area contributed by atoms with Gasteiger partial charge in [-0.25, -0.2) is 0 Å². The van der Waals surface area contributed by atoms with Gasteiger partial charge in [-0.1, -0.05) is 129 Å². The quantitative estimate of drug-likeness (QED) is 0.0589. The van der Waals surface area contributed by atoms with Crippen LogP contribution in [0.1, 0.15) is 147 Å². The lowest BCUT2D eigenvalue weighted by Gasteiger charge is -2.49. The molecule has 2 saturated carbocycles. The van der Waals surface area contributed by atoms with Gasteiger partial charge in [0.15, 0.2) is 29.2 Å². The molecule has 11 bridgehead atoms. The molecular weight excluding hydrogens is 1100 g/mol. The fourth-order valence-corrected chi connectivity index (χ4v) is 16.0. The van der Waals surface area contributed by atoms with Gasteiger partial charge in [0.2, 0.25) is 0 Å². The molecule has 12 rings (SSSR count). The molecule has 0 saturated heterocycles. The van der Waals surface area contributed by atoms with Gasteiger partial charge in [0.1, 0.15) is 11.6 Å². The average molecular weight is 1180 g/mol. The van der Waals surface area contributed by atoms with E-state index < -0.39 is 53.0 Å². The third kappa shape index (κ3) is 12.8. The molecule has 12 nitrogen and oxygen atoms in total. The first-order chi connectivity index (χ1) is 42.8. The van der Waals surface area contributed by atoms with Crippen LogP contribution in [0.25, 0.3) is 10.8 Å². The Bertz CT molecular complexity index is 3700. The Hall–Kier alpha value is -7.58. The van der Waals surface area contributed by atoms with Crippen molar-refractivity contribution in [3.05, 3.63) is 178 Å². The van der Waals surface area contributed by atoms with E-state index in [4.69, 9.17) is 4.74 Å². The van der Waals surface area contributed by atoms with E-state index >= 15 is 4.79 Å². The molecule has 2 aliphatic heterocycles. The number of H-pyrrole nitrogens is 1. The number of anilines is 1. The van der Waals surface area contributed by atoms with E-state index in [2.05, 4.69) is 100 Å². The Morgan fingerprint density at radius 1 is 0.761 bits per heavy atom. The van der Waals surface area contributed by atoms with Gasteiger partial charge >= 0.3 is 0 Å². The number of carbonyl (C=O) groups is 2. The molecule has 5 aromatic carbocycles. The Morgan fingerprint density at radius 3 is 2.40 bits per heavy atom. The monoisotopic (exact) mass is 1180 g/mol. The van der Waals surface area contributed by atoms with Gasteiger partial charge in [-0.2, -0.15) is 0 Å². The van der Waals surface area contributed by atoms with E-state index in [0.29, 0.717) is 74.7 Å². The number of rotatable bonds is 5. The summed E-state index contributed by atoms with van der Waals surface area (Å²) in [6, 6.07) is 34.2. The van der Waals surface area contributed by atoms with E-state index in [-0.39, 0.29) is 66.1 Å². The van der Waals surface area contributed by atoms with Gasteiger partial charge in [-0.15, -0.1) is 5.92 Å². The van der Waals surface area contributed by atoms with Crippen LogP contribution in [0.4, 0.5) is 5.69 Å². The number of aromatic hydroxyl groups is 2. The second kappa shape index (κ2) is 27.0. The minimum Gasteiger partial charge on any atom is -0.507 e. The summed E-state index contributed by atoms with van der Waals surface area (Å²) >= 11 is 0. The molecule has 4 aliphatic carbocycles. The molecule has 1 spiro atoms. The van der Waals surface area contributed by atoms with Crippen LogP contribution in [-0.2, 0) is 40.7 Å². The number of aromatic amines is 1. The zero-order valence-electron chi connectivity index (χ0n) is 51.0. The van der Waals surface area contributed by atoms with E-state index in [9.17, 15) is 30.3 Å². The number of phenolic OH excluding ortho intramolecular Hbond substituents is 2. The fraction of sp³-hybridized carbons (Fsp3) is 0.447. The molecule has 12 heteroatoms. The molecule has 88 heavy (non-hydrogen) atoms. The molecule has 12 atom stereocenters. The minimum absolute atomic E-state index is 0.0323. The standard InChI is InChI=1S/C76H86N4O8/c1-47-44-77-46-60(81)39-55-24-23-52-25-28-59(43-65(52)71(55)83)80-69-38-49(32-34-78-69)35-50-36-53-26-30-61(51-17-9-6-10-18-51)70-54(41-67(88-2)72(84)63(70)29-22-48-15-7-5-8-16-48)27-31-66(82)74(86)73(85)64(53)40-56(37-50)62-21-12-4-3-11-19-58-20-13-14-33-76(58,75(62)87)68-42-57(47)45-79-68/h5-10,15-18,23-25,28,32,38,41-43,45,47,50,53,56,58,60-62,64,74-75,77-81,83-84,86-87H,3-4,12-14,20-22,27,29,31,33-37,39-40,44,46H2,1-2H3/t47-,50-,53+,56-,58+,60+,61-,62-,64-,74+,75-,76-/m0/s1. The van der Waals surface area contributed by atoms with Gasteiger partial charge in [0, 0.05) is 85.2 Å². The summed E-state index contributed by atoms with van der Waals surface area (Å²) in [6.07, 6.45) is 13.3. The Balaban J connectivity index is 1.01. The van der Waals surface area contributed by atoms with Crippen LogP contribution in [0, 0.1) is 59.2 Å². The van der Waals surface area contributed by atoms with Crippen LogP contribution in [-0.4, -0.2) is 87.1 Å². The number of dihydropyridines is 1. The number of allylic oxidation sites excluding steroid dienone is 2. The maximum absolute atomic E-state index is 15.7. The molecule has 458 valence electrons. The zero-order chi connectivity index (χ0) is 60.9. The third-order valence-electron chi connectivity index (χ3n) is 20.7. The number of carbonyl (C=O) groups excluding carboxylic acids is 2. The number of fused-ring (bicyclic) bond motifs is 11. The molecule has 0 unspecified atom stereocenters. The molecule has 3 heterocycles. The summed E-state index contributed by atoms with van der Waals surface area (Å²) in [5, 5.41) is 74.0. The first kappa shape index (κ1) is 60.7. The Labute approximate surface area is 518 Å². The van der Waals surface area contributed by atoms with Gasteiger partial charge in [0.05, 0.1) is 30.7 Å². The molecule has 1 aromatic heterocycles. The van der Waals surface area contributed by atoms with E-state index in [1.54, 1.807) is 6.07 Å². The number of methoxy groups -OCH3 is 1. The number of nitrogens with one attached hydrogen (secondary N) is 4. The van der Waals surface area contributed by atoms with Gasteiger partial charge in [-0.05, 0) is 169 Å². The third-order valence-corrected chi connectivity index (χ3v) is 20.7. The molecule has 6 aliphatic rings. The number of phenols is 2. The lowest BCUT2D eigenvalue weighted by molar-refractivity contribution is -0.142. The van der Waals surface area contributed by atoms with Crippen LogP contribution in [0.15, 0.2) is 133 Å². The van der Waals surface area contributed by atoms with Crippen molar-refractivity contribution in [1.82, 2.24) is 15.6 Å². The summed E-state index contributed by atoms with van der Waals surface area (Å²) in [5.74, 6) is 12.6. The van der Waals surface area contributed by atoms with Gasteiger partial charge < -0.3 is 51.2 Å². The SMILES string of the molecule is COc1cc2c(c(CCc3ccccc3)c1O)[C@H](c1ccccc1)C#C[C@@H]1C[C@@H]3CC4=CCNC(=C4)Nc4ccc5ccc(c(O)c5c4)C[C@@H](O)CNC[C@H](C)c4c[nH]c(c4)[C@]45CCCC[C@H]4C#CCCCC[C@@H]([C@@H](C3)C[C@@H]1C(=O)[C@H](O)C(=O)CC2)[C@@H]5O. The van der Waals surface area contributed by atoms with Gasteiger partial charge in [-0.3, -0.25) is 9.59 Å². The first-order valence-corrected chi connectivity index (χ1v) is 32.5. The summed E-state index contributed by atoms with van der Waals surface area (Å²) in [6.45, 7) is 3.66. The number of β-amino-alcohol motifs (C(OH)–C–C–N with tert-alkyl or cyclic N) is 1. The van der Waals surface area contributed by atoms with E-state index in [0.717, 1.165) is 107 Å². The van der Waals surface area contributed by atoms with Crippen LogP contribution >= 0.6 is 0 Å². The number of aliphatic hydroxyl groups is 3. The van der Waals surface area contributed by atoms with Crippen molar-refractivity contribution in [3.8, 4) is 40.9 Å². The smallest absolute Gasteiger partial charge is 0.173 e. The van der Waals surface area contributed by atoms with Crippen molar-refractivity contribution >= 4 is 28.0 Å². The number of ether oxygens (including phenoxy) is 1. The minimum atomic E-state index is -1.88. The number of benzene rings is 5. The highest BCUT2D eigenvalue weighted by Crippen LogP contribution is 2.54. The Kier molecular flexibility index (Phi) is 18.6. The molecule has 6 aromatic rings. The van der Waals surface area contributed by atoms with Crippen LogP contribution in [0.3, 0.4) is 0 Å². The van der Waals surface area contributed by atoms with Crippen molar-refractivity contribution in [2.75, 3.05) is 32.1 Å². The number of hydrogen-bond acceptors (Lipinski definition) is 11. The highest BCUT2D eigenvalue weighted by atomic mass is 16.5. The summed E-state index contributed by atoms with van der Waals surface area (Å²) in [7, 11) is 1.53. The molecule has 9 N–H and O–H groups in total. The van der Waals surface area contributed by atoms with E-state index in [1.165, 1.54) is 7.11 Å². The largest absolute Gasteiger partial charge is 0.507 e. The number of hydrogen-bond donors (Lipinski definition) is 9.